The predicted molar refractivity (Wildman–Crippen MR) is 111 cm³/mol. The minimum absolute atomic E-state index is 0.196. The van der Waals surface area contributed by atoms with Crippen LogP contribution in [0.3, 0.4) is 0 Å². The highest BCUT2D eigenvalue weighted by molar-refractivity contribution is 5.95. The van der Waals surface area contributed by atoms with Crippen LogP contribution in [0.5, 0.6) is 11.5 Å². The van der Waals surface area contributed by atoms with Gasteiger partial charge in [-0.3, -0.25) is 4.90 Å². The molecule has 0 saturated carbocycles. The zero-order valence-electron chi connectivity index (χ0n) is 17.5. The van der Waals surface area contributed by atoms with E-state index >= 15 is 0 Å². The van der Waals surface area contributed by atoms with Gasteiger partial charge in [0.2, 0.25) is 0 Å². The molecule has 0 radical (unpaired) electrons. The molecule has 1 fully saturated rings. The van der Waals surface area contributed by atoms with E-state index in [0.717, 1.165) is 5.56 Å². The number of benzene rings is 2. The van der Waals surface area contributed by atoms with E-state index in [2.05, 4.69) is 0 Å². The van der Waals surface area contributed by atoms with Crippen molar-refractivity contribution in [2.75, 3.05) is 20.8 Å². The van der Waals surface area contributed by atoms with Gasteiger partial charge in [0.25, 0.3) is 0 Å². The summed E-state index contributed by atoms with van der Waals surface area (Å²) >= 11 is 0. The van der Waals surface area contributed by atoms with E-state index < -0.39 is 17.6 Å². The summed E-state index contributed by atoms with van der Waals surface area (Å²) in [4.78, 5) is 25.8. The molecule has 30 heavy (non-hydrogen) atoms. The highest BCUT2D eigenvalue weighted by atomic mass is 16.5. The summed E-state index contributed by atoms with van der Waals surface area (Å²) in [5, 5.41) is 9.88. The number of hydrogen-bond donors (Lipinski definition) is 1. The number of ether oxygens (including phenoxy) is 3. The normalized spacial score (nSPS) is 21.0. The number of rotatable bonds is 6. The van der Waals surface area contributed by atoms with Crippen LogP contribution in [0.1, 0.15) is 35.7 Å². The molecule has 1 N–H and O–H groups in total. The molecule has 160 valence electrons. The lowest BCUT2D eigenvalue weighted by atomic mass is 9.82. The molecule has 2 aromatic carbocycles. The average Bonchev–Trinajstić information content (AvgIpc) is 2.74. The van der Waals surface area contributed by atoms with Crippen LogP contribution in [0.25, 0.3) is 0 Å². The molecule has 1 heterocycles. The Morgan fingerprint density at radius 1 is 1.10 bits per heavy atom. The van der Waals surface area contributed by atoms with E-state index in [1.54, 1.807) is 18.2 Å². The van der Waals surface area contributed by atoms with Crippen LogP contribution in [-0.4, -0.2) is 54.5 Å². The van der Waals surface area contributed by atoms with Gasteiger partial charge in [-0.2, -0.15) is 0 Å². The monoisotopic (exact) mass is 413 g/mol. The summed E-state index contributed by atoms with van der Waals surface area (Å²) in [7, 11) is 2.76. The Morgan fingerprint density at radius 2 is 1.80 bits per heavy atom. The lowest BCUT2D eigenvalue weighted by Gasteiger charge is -2.46. The first-order chi connectivity index (χ1) is 14.4. The number of carbonyl (C=O) groups is 2. The SMILES string of the molecule is COC(=O)c1c(OC)cccc1O[C@@H]1CC[C@](C)(Cc2ccccc2)N(C(=O)O)C1. The van der Waals surface area contributed by atoms with Crippen molar-refractivity contribution >= 4 is 12.1 Å². The molecule has 1 amide bonds. The molecule has 1 saturated heterocycles. The Bertz CT molecular complexity index is 900. The first-order valence-electron chi connectivity index (χ1n) is 9.84. The van der Waals surface area contributed by atoms with Crippen LogP contribution in [-0.2, 0) is 11.2 Å². The van der Waals surface area contributed by atoms with Gasteiger partial charge in [-0.15, -0.1) is 0 Å². The van der Waals surface area contributed by atoms with Crippen molar-refractivity contribution in [2.45, 2.75) is 37.8 Å². The summed E-state index contributed by atoms with van der Waals surface area (Å²) in [6.07, 6.45) is 0.543. The molecule has 0 unspecified atom stereocenters. The molecule has 7 nitrogen and oxygen atoms in total. The van der Waals surface area contributed by atoms with Gasteiger partial charge >= 0.3 is 12.1 Å². The fraction of sp³-hybridized carbons (Fsp3) is 0.391. The molecular formula is C23H27NO6. The number of amides is 1. The molecule has 0 bridgehead atoms. The van der Waals surface area contributed by atoms with E-state index in [4.69, 9.17) is 14.2 Å². The van der Waals surface area contributed by atoms with E-state index in [-0.39, 0.29) is 18.2 Å². The van der Waals surface area contributed by atoms with Crippen molar-refractivity contribution in [3.63, 3.8) is 0 Å². The zero-order chi connectivity index (χ0) is 21.7. The standard InChI is InChI=1S/C23H27NO6/c1-23(14-16-8-5-4-6-9-16)13-12-17(15-24(23)22(26)27)30-19-11-7-10-18(28-2)20(19)21(25)29-3/h4-11,17H,12-15H2,1-3H3,(H,26,27)/t17-,23-/m1/s1. The third kappa shape index (κ3) is 4.50. The van der Waals surface area contributed by atoms with E-state index in [9.17, 15) is 14.7 Å². The van der Waals surface area contributed by atoms with Gasteiger partial charge in [0.1, 0.15) is 23.2 Å². The van der Waals surface area contributed by atoms with E-state index in [1.165, 1.54) is 19.1 Å². The number of piperidine rings is 1. The molecule has 1 aliphatic heterocycles. The molecule has 3 rings (SSSR count). The Morgan fingerprint density at radius 3 is 2.43 bits per heavy atom. The minimum Gasteiger partial charge on any atom is -0.496 e. The Labute approximate surface area is 176 Å². The number of carboxylic acid groups (broad SMARTS) is 1. The van der Waals surface area contributed by atoms with Crippen LogP contribution in [0.15, 0.2) is 48.5 Å². The summed E-state index contributed by atoms with van der Waals surface area (Å²) in [6.45, 7) is 2.17. The van der Waals surface area contributed by atoms with Crippen molar-refractivity contribution in [3.05, 3.63) is 59.7 Å². The number of carbonyl (C=O) groups excluding carboxylic acids is 1. The highest BCUT2D eigenvalue weighted by Gasteiger charge is 2.42. The number of likely N-dealkylation sites (tertiary alicyclic amines) is 1. The average molecular weight is 413 g/mol. The summed E-state index contributed by atoms with van der Waals surface area (Å²) in [6, 6.07) is 14.9. The van der Waals surface area contributed by atoms with Crippen LogP contribution >= 0.6 is 0 Å². The minimum atomic E-state index is -0.986. The van der Waals surface area contributed by atoms with E-state index in [1.807, 2.05) is 37.3 Å². The Hall–Kier alpha value is -3.22. The van der Waals surface area contributed by atoms with Gasteiger partial charge in [0, 0.05) is 5.54 Å². The maximum atomic E-state index is 12.2. The van der Waals surface area contributed by atoms with Gasteiger partial charge in [-0.05, 0) is 43.9 Å². The van der Waals surface area contributed by atoms with Crippen molar-refractivity contribution < 1.29 is 28.9 Å². The second kappa shape index (κ2) is 9.07. The van der Waals surface area contributed by atoms with Crippen molar-refractivity contribution in [1.29, 1.82) is 0 Å². The van der Waals surface area contributed by atoms with Crippen molar-refractivity contribution in [3.8, 4) is 11.5 Å². The Balaban J connectivity index is 1.81. The molecule has 1 aliphatic rings. The quantitative estimate of drug-likeness (QED) is 0.721. The number of methoxy groups -OCH3 is 2. The summed E-state index contributed by atoms with van der Waals surface area (Å²) in [5.41, 5.74) is 0.750. The van der Waals surface area contributed by atoms with Crippen LogP contribution < -0.4 is 9.47 Å². The third-order valence-electron chi connectivity index (χ3n) is 5.59. The Kier molecular flexibility index (Phi) is 6.50. The van der Waals surface area contributed by atoms with Crippen LogP contribution in [0.4, 0.5) is 4.79 Å². The number of hydrogen-bond acceptors (Lipinski definition) is 5. The lowest BCUT2D eigenvalue weighted by Crippen LogP contribution is -2.58. The first-order valence-corrected chi connectivity index (χ1v) is 9.84. The fourth-order valence-electron chi connectivity index (χ4n) is 4.01. The largest absolute Gasteiger partial charge is 0.496 e. The lowest BCUT2D eigenvalue weighted by molar-refractivity contribution is 0.00551. The number of esters is 1. The predicted octanol–water partition coefficient (Wildman–Crippen LogP) is 4.00. The van der Waals surface area contributed by atoms with Crippen LogP contribution in [0, 0.1) is 0 Å². The van der Waals surface area contributed by atoms with Gasteiger partial charge in [0.05, 0.1) is 20.8 Å². The highest BCUT2D eigenvalue weighted by Crippen LogP contribution is 2.35. The fourth-order valence-corrected chi connectivity index (χ4v) is 4.01. The smallest absolute Gasteiger partial charge is 0.407 e. The van der Waals surface area contributed by atoms with Gasteiger partial charge in [0.15, 0.2) is 0 Å². The van der Waals surface area contributed by atoms with Crippen molar-refractivity contribution in [1.82, 2.24) is 4.90 Å². The topological polar surface area (TPSA) is 85.3 Å². The molecular weight excluding hydrogens is 386 g/mol. The maximum absolute atomic E-state index is 12.2. The molecule has 0 aromatic heterocycles. The zero-order valence-corrected chi connectivity index (χ0v) is 17.5. The van der Waals surface area contributed by atoms with Crippen LogP contribution in [0.2, 0.25) is 0 Å². The van der Waals surface area contributed by atoms with Gasteiger partial charge < -0.3 is 19.3 Å². The first kappa shape index (κ1) is 21.5. The molecule has 7 heteroatoms. The second-order valence-electron chi connectivity index (χ2n) is 7.66. The van der Waals surface area contributed by atoms with Gasteiger partial charge in [-0.25, -0.2) is 9.59 Å². The van der Waals surface area contributed by atoms with Gasteiger partial charge in [-0.1, -0.05) is 36.4 Å². The number of nitrogens with zero attached hydrogens (tertiary/aromatic N) is 1. The maximum Gasteiger partial charge on any atom is 0.407 e. The summed E-state index contributed by atoms with van der Waals surface area (Å²) in [5.74, 6) is 0.102. The molecule has 0 aliphatic carbocycles. The molecule has 0 spiro atoms. The third-order valence-corrected chi connectivity index (χ3v) is 5.59. The molecule has 2 atom stereocenters. The summed E-state index contributed by atoms with van der Waals surface area (Å²) < 4.78 is 16.2. The van der Waals surface area contributed by atoms with Crippen molar-refractivity contribution in [2.24, 2.45) is 0 Å². The second-order valence-corrected chi connectivity index (χ2v) is 7.66. The molecule has 2 aromatic rings. The van der Waals surface area contributed by atoms with E-state index in [0.29, 0.717) is 30.8 Å².